The van der Waals surface area contributed by atoms with Gasteiger partial charge in [0, 0.05) is 18.4 Å². The van der Waals surface area contributed by atoms with E-state index < -0.39 is 5.97 Å². The molecule has 0 saturated carbocycles. The van der Waals surface area contributed by atoms with Crippen LogP contribution in [0, 0.1) is 0 Å². The Morgan fingerprint density at radius 3 is 2.26 bits per heavy atom. The van der Waals surface area contributed by atoms with Crippen molar-refractivity contribution >= 4 is 11.8 Å². The fraction of sp³-hybridized carbons (Fsp3) is 0.429. The first-order valence-corrected chi connectivity index (χ1v) is 6.05. The molecule has 1 aromatic rings. The zero-order valence-electron chi connectivity index (χ0n) is 11.1. The molecule has 1 rings (SSSR count). The molecule has 1 aromatic carbocycles. The molecule has 0 aromatic heterocycles. The van der Waals surface area contributed by atoms with Gasteiger partial charge in [0.1, 0.15) is 0 Å². The maximum absolute atomic E-state index is 11.9. The van der Waals surface area contributed by atoms with Crippen LogP contribution in [0.5, 0.6) is 11.5 Å². The number of carbonyl (C=O) groups excluding carboxylic acids is 1. The maximum Gasteiger partial charge on any atom is 0.303 e. The molecule has 1 N–H and O–H groups in total. The molecule has 0 spiro atoms. The molecule has 5 heteroatoms. The summed E-state index contributed by atoms with van der Waals surface area (Å²) in [5.74, 6) is 0.230. The van der Waals surface area contributed by atoms with Crippen LogP contribution >= 0.6 is 0 Å². The van der Waals surface area contributed by atoms with Crippen LogP contribution in [-0.4, -0.2) is 31.1 Å². The van der Waals surface area contributed by atoms with Crippen molar-refractivity contribution in [3.8, 4) is 11.5 Å². The van der Waals surface area contributed by atoms with Gasteiger partial charge in [0.05, 0.1) is 14.2 Å². The molecule has 0 aliphatic rings. The highest BCUT2D eigenvalue weighted by atomic mass is 16.5. The van der Waals surface area contributed by atoms with Crippen LogP contribution in [0.1, 0.15) is 36.0 Å². The summed E-state index contributed by atoms with van der Waals surface area (Å²) in [6.07, 6.45) is 1.51. The van der Waals surface area contributed by atoms with Gasteiger partial charge < -0.3 is 14.6 Å². The van der Waals surface area contributed by atoms with Crippen LogP contribution in [0.4, 0.5) is 0 Å². The van der Waals surface area contributed by atoms with E-state index in [1.54, 1.807) is 18.2 Å². The molecule has 0 bridgehead atoms. The topological polar surface area (TPSA) is 72.8 Å². The number of carbonyl (C=O) groups is 2. The van der Waals surface area contributed by atoms with Crippen LogP contribution in [0.15, 0.2) is 18.2 Å². The normalized spacial score (nSPS) is 10.0. The van der Waals surface area contributed by atoms with E-state index in [9.17, 15) is 9.59 Å². The lowest BCUT2D eigenvalue weighted by Crippen LogP contribution is -2.01. The van der Waals surface area contributed by atoms with Gasteiger partial charge in [-0.15, -0.1) is 0 Å². The van der Waals surface area contributed by atoms with Crippen molar-refractivity contribution in [3.63, 3.8) is 0 Å². The Morgan fingerprint density at radius 2 is 1.68 bits per heavy atom. The lowest BCUT2D eigenvalue weighted by atomic mass is 10.0. The third-order valence-corrected chi connectivity index (χ3v) is 2.75. The minimum absolute atomic E-state index is 0.0219. The van der Waals surface area contributed by atoms with Crippen LogP contribution in [0.25, 0.3) is 0 Å². The van der Waals surface area contributed by atoms with Gasteiger partial charge >= 0.3 is 5.97 Å². The van der Waals surface area contributed by atoms with Gasteiger partial charge in [-0.1, -0.05) is 0 Å². The number of aliphatic carboxylic acids is 1. The molecule has 0 fully saturated rings. The van der Waals surface area contributed by atoms with Crippen molar-refractivity contribution in [3.05, 3.63) is 23.8 Å². The minimum Gasteiger partial charge on any atom is -0.493 e. The molecule has 0 saturated heterocycles. The third-order valence-electron chi connectivity index (χ3n) is 2.75. The van der Waals surface area contributed by atoms with E-state index in [2.05, 4.69) is 0 Å². The number of ketones is 1. The number of carboxylic acids is 1. The van der Waals surface area contributed by atoms with E-state index in [1.807, 2.05) is 0 Å². The summed E-state index contributed by atoms with van der Waals surface area (Å²) in [4.78, 5) is 22.3. The highest BCUT2D eigenvalue weighted by Crippen LogP contribution is 2.28. The first-order valence-electron chi connectivity index (χ1n) is 6.05. The van der Waals surface area contributed by atoms with Crippen LogP contribution < -0.4 is 9.47 Å². The van der Waals surface area contributed by atoms with Gasteiger partial charge in [-0.2, -0.15) is 0 Å². The highest BCUT2D eigenvalue weighted by Gasteiger charge is 2.10. The Morgan fingerprint density at radius 1 is 1.05 bits per heavy atom. The average Bonchev–Trinajstić information content (AvgIpc) is 2.42. The number of Topliss-reactive ketones (excluding diaryl/α,β-unsaturated/α-hetero) is 1. The van der Waals surface area contributed by atoms with Gasteiger partial charge in [0.2, 0.25) is 0 Å². The van der Waals surface area contributed by atoms with Gasteiger partial charge in [0.25, 0.3) is 0 Å². The number of benzene rings is 1. The number of unbranched alkanes of at least 4 members (excludes halogenated alkanes) is 1. The van der Waals surface area contributed by atoms with Crippen molar-refractivity contribution < 1.29 is 24.2 Å². The Balaban J connectivity index is 2.59. The summed E-state index contributed by atoms with van der Waals surface area (Å²) in [5.41, 5.74) is 0.549. The van der Waals surface area contributed by atoms with Crippen molar-refractivity contribution in [1.29, 1.82) is 0 Å². The molecule has 0 atom stereocenters. The van der Waals surface area contributed by atoms with E-state index in [4.69, 9.17) is 14.6 Å². The standard InChI is InChI=1S/C14H18O5/c1-18-12-8-7-10(9-13(12)19-2)11(15)5-3-4-6-14(16)17/h7-9H,3-6H2,1-2H3,(H,16,17). The lowest BCUT2D eigenvalue weighted by molar-refractivity contribution is -0.137. The van der Waals surface area contributed by atoms with Gasteiger partial charge in [-0.05, 0) is 31.0 Å². The minimum atomic E-state index is -0.835. The smallest absolute Gasteiger partial charge is 0.303 e. The predicted octanol–water partition coefficient (Wildman–Crippen LogP) is 2.53. The first-order chi connectivity index (χ1) is 9.08. The fourth-order valence-electron chi connectivity index (χ4n) is 1.72. The van der Waals surface area contributed by atoms with Crippen molar-refractivity contribution in [2.45, 2.75) is 25.7 Å². The van der Waals surface area contributed by atoms with Gasteiger partial charge in [-0.3, -0.25) is 9.59 Å². The second-order valence-electron chi connectivity index (χ2n) is 4.09. The van der Waals surface area contributed by atoms with Crippen LogP contribution in [0.2, 0.25) is 0 Å². The zero-order chi connectivity index (χ0) is 14.3. The molecule has 0 heterocycles. The Hall–Kier alpha value is -2.04. The molecule has 0 aliphatic carbocycles. The maximum atomic E-state index is 11.9. The molecule has 0 unspecified atom stereocenters. The Kier molecular flexibility index (Phi) is 5.85. The SMILES string of the molecule is COc1ccc(C(=O)CCCCC(=O)O)cc1OC. The van der Waals surface area contributed by atoms with E-state index in [0.29, 0.717) is 36.3 Å². The number of carboxylic acid groups (broad SMARTS) is 1. The number of hydrogen-bond acceptors (Lipinski definition) is 4. The molecule has 19 heavy (non-hydrogen) atoms. The summed E-state index contributed by atoms with van der Waals surface area (Å²) >= 11 is 0. The summed E-state index contributed by atoms with van der Waals surface area (Å²) in [6.45, 7) is 0. The molecule has 0 aliphatic heterocycles. The summed E-state index contributed by atoms with van der Waals surface area (Å²) < 4.78 is 10.2. The van der Waals surface area contributed by atoms with Crippen molar-refractivity contribution in [1.82, 2.24) is 0 Å². The molecule has 0 amide bonds. The molecule has 104 valence electrons. The first kappa shape index (κ1) is 15.0. The predicted molar refractivity (Wildman–Crippen MR) is 70.0 cm³/mol. The quantitative estimate of drug-likeness (QED) is 0.578. The summed E-state index contributed by atoms with van der Waals surface area (Å²) in [7, 11) is 3.05. The van der Waals surface area contributed by atoms with Gasteiger partial charge in [0.15, 0.2) is 17.3 Å². The number of methoxy groups -OCH3 is 2. The average molecular weight is 266 g/mol. The Labute approximate surface area is 112 Å². The Bertz CT molecular complexity index is 453. The molecule has 0 radical (unpaired) electrons. The fourth-order valence-corrected chi connectivity index (χ4v) is 1.72. The van der Waals surface area contributed by atoms with Crippen molar-refractivity contribution in [2.24, 2.45) is 0 Å². The van der Waals surface area contributed by atoms with Crippen LogP contribution in [0.3, 0.4) is 0 Å². The molecular formula is C14H18O5. The highest BCUT2D eigenvalue weighted by molar-refractivity contribution is 5.96. The monoisotopic (exact) mass is 266 g/mol. The number of hydrogen-bond donors (Lipinski definition) is 1. The van der Waals surface area contributed by atoms with Crippen LogP contribution in [-0.2, 0) is 4.79 Å². The van der Waals surface area contributed by atoms with E-state index in [0.717, 1.165) is 0 Å². The van der Waals surface area contributed by atoms with E-state index in [1.165, 1.54) is 14.2 Å². The summed E-state index contributed by atoms with van der Waals surface area (Å²) in [5, 5.41) is 8.51. The second kappa shape index (κ2) is 7.41. The molecule has 5 nitrogen and oxygen atoms in total. The van der Waals surface area contributed by atoms with E-state index >= 15 is 0 Å². The largest absolute Gasteiger partial charge is 0.493 e. The molecular weight excluding hydrogens is 248 g/mol. The lowest BCUT2D eigenvalue weighted by Gasteiger charge is -2.08. The van der Waals surface area contributed by atoms with Crippen molar-refractivity contribution in [2.75, 3.05) is 14.2 Å². The number of rotatable bonds is 8. The zero-order valence-corrected chi connectivity index (χ0v) is 11.1. The van der Waals surface area contributed by atoms with E-state index in [-0.39, 0.29) is 12.2 Å². The van der Waals surface area contributed by atoms with Gasteiger partial charge in [-0.25, -0.2) is 0 Å². The third kappa shape index (κ3) is 4.62. The second-order valence-corrected chi connectivity index (χ2v) is 4.09. The number of ether oxygens (including phenoxy) is 2. The summed E-state index contributed by atoms with van der Waals surface area (Å²) in [6, 6.07) is 5.00.